The van der Waals surface area contributed by atoms with Gasteiger partial charge in [0.15, 0.2) is 12.4 Å². The Balaban J connectivity index is 1.81. The van der Waals surface area contributed by atoms with E-state index < -0.39 is 22.2 Å². The predicted molar refractivity (Wildman–Crippen MR) is 131 cm³/mol. The van der Waals surface area contributed by atoms with Crippen LogP contribution in [0.25, 0.3) is 10.9 Å². The lowest BCUT2D eigenvalue weighted by Crippen LogP contribution is -2.36. The van der Waals surface area contributed by atoms with Crippen molar-refractivity contribution < 1.29 is 23.7 Å². The summed E-state index contributed by atoms with van der Waals surface area (Å²) >= 11 is 0. The molecule has 0 fully saturated rings. The van der Waals surface area contributed by atoms with Gasteiger partial charge in [-0.3, -0.25) is 18.7 Å². The second-order valence-corrected chi connectivity index (χ2v) is 9.30. The highest BCUT2D eigenvalue weighted by molar-refractivity contribution is 8.23. The van der Waals surface area contributed by atoms with Crippen molar-refractivity contribution >= 4 is 39.1 Å². The molecule has 3 aromatic rings. The van der Waals surface area contributed by atoms with Gasteiger partial charge in [0.1, 0.15) is 22.0 Å². The molecule has 1 aliphatic rings. The maximum Gasteiger partial charge on any atom is 0.284 e. The third-order valence-corrected chi connectivity index (χ3v) is 6.56. The van der Waals surface area contributed by atoms with Crippen molar-refractivity contribution in [1.29, 1.82) is 0 Å². The molecule has 0 aliphatic carbocycles. The molecule has 11 nitrogen and oxygen atoms in total. The number of amidine groups is 1. The van der Waals surface area contributed by atoms with Crippen molar-refractivity contribution in [3.05, 3.63) is 58.4 Å². The van der Waals surface area contributed by atoms with E-state index in [1.165, 1.54) is 22.9 Å². The second kappa shape index (κ2) is 9.25. The highest BCUT2D eigenvalue weighted by atomic mass is 32.3. The summed E-state index contributed by atoms with van der Waals surface area (Å²) < 4.78 is 32.0. The number of nitrogens with one attached hydrogen (secondary N) is 2. The Kier molecular flexibility index (Phi) is 6.37. The molecule has 2 aromatic carbocycles. The molecular weight excluding hydrogens is 462 g/mol. The Morgan fingerprint density at radius 3 is 2.76 bits per heavy atom. The number of nitrogens with two attached hydrogens (primary N) is 1. The van der Waals surface area contributed by atoms with E-state index in [2.05, 4.69) is 15.1 Å². The van der Waals surface area contributed by atoms with E-state index in [1.807, 2.05) is 6.92 Å². The quantitative estimate of drug-likeness (QED) is 0.263. The number of fused-ring (bicyclic) bond motifs is 2. The molecule has 4 rings (SSSR count). The van der Waals surface area contributed by atoms with Crippen molar-refractivity contribution in [3.63, 3.8) is 0 Å². The number of carbonyl (C=O) groups excluding carboxylic acids is 1. The van der Waals surface area contributed by atoms with Crippen LogP contribution in [0.5, 0.6) is 11.5 Å². The largest absolute Gasteiger partial charge is 0.506 e. The van der Waals surface area contributed by atoms with Gasteiger partial charge < -0.3 is 26.3 Å². The van der Waals surface area contributed by atoms with Crippen molar-refractivity contribution in [3.8, 4) is 11.5 Å². The van der Waals surface area contributed by atoms with Gasteiger partial charge in [-0.05, 0) is 30.7 Å². The average molecular weight is 488 g/mol. The van der Waals surface area contributed by atoms with E-state index in [0.717, 1.165) is 12.8 Å². The van der Waals surface area contributed by atoms with Gasteiger partial charge in [-0.1, -0.05) is 36.3 Å². The second-order valence-electron chi connectivity index (χ2n) is 7.64. The molecule has 0 atom stereocenters. The number of rotatable bonds is 8. The van der Waals surface area contributed by atoms with Gasteiger partial charge >= 0.3 is 0 Å². The zero-order valence-electron chi connectivity index (χ0n) is 18.3. The van der Waals surface area contributed by atoms with Gasteiger partial charge in [0.2, 0.25) is 0 Å². The molecule has 1 amide bonds. The number of pyridine rings is 1. The van der Waals surface area contributed by atoms with Crippen LogP contribution in [0.1, 0.15) is 25.3 Å². The Morgan fingerprint density at radius 2 is 2.03 bits per heavy atom. The highest BCUT2D eigenvalue weighted by Crippen LogP contribution is 2.56. The smallest absolute Gasteiger partial charge is 0.284 e. The summed E-state index contributed by atoms with van der Waals surface area (Å²) in [5.41, 5.74) is 8.08. The minimum absolute atomic E-state index is 0.0138. The number of aromatic nitrogens is 1. The topological polar surface area (TPSA) is 171 Å². The van der Waals surface area contributed by atoms with Crippen LogP contribution in [0.2, 0.25) is 0 Å². The summed E-state index contributed by atoms with van der Waals surface area (Å²) in [5.74, 6) is -1.01. The normalized spacial score (nSPS) is 15.1. The van der Waals surface area contributed by atoms with Gasteiger partial charge in [0, 0.05) is 18.0 Å². The lowest BCUT2D eigenvalue weighted by Gasteiger charge is -2.34. The molecule has 0 unspecified atom stereocenters. The number of primary amides is 1. The summed E-state index contributed by atoms with van der Waals surface area (Å²) in [7, 11) is -3.77. The molecular formula is C22H25N5O6S. The van der Waals surface area contributed by atoms with Gasteiger partial charge in [0.05, 0.1) is 11.2 Å². The number of nitrogens with zero attached hydrogens (tertiary/aromatic N) is 2. The molecule has 2 heterocycles. The number of para-hydroxylation sites is 1. The lowest BCUT2D eigenvalue weighted by atomic mass is 10.1. The van der Waals surface area contributed by atoms with E-state index in [0.29, 0.717) is 17.4 Å². The first-order chi connectivity index (χ1) is 16.2. The number of benzene rings is 2. The van der Waals surface area contributed by atoms with Crippen LogP contribution in [0, 0.1) is 0 Å². The van der Waals surface area contributed by atoms with Crippen LogP contribution >= 0.6 is 10.8 Å². The standard InChI is InChI=1S/C22H25N5O6S/c1-2-3-10-24-27-16-7-5-4-6-14(16)20(29)19(22(27)30)21-25-15-9-8-13(33-12-18(23)28)11-17(15)34(31,32)26-21/h4-9,11,24,29,31-32H,2-3,10,12H2,1H3,(H2,23,28)(H,25,26). The van der Waals surface area contributed by atoms with Gasteiger partial charge in [0.25, 0.3) is 11.5 Å². The fraction of sp³-hybridized carbons (Fsp3) is 0.227. The number of aromatic hydroxyl groups is 1. The van der Waals surface area contributed by atoms with Gasteiger partial charge in [-0.25, -0.2) is 4.68 Å². The zero-order chi connectivity index (χ0) is 24.5. The molecule has 0 saturated carbocycles. The molecule has 0 radical (unpaired) electrons. The monoisotopic (exact) mass is 487 g/mol. The van der Waals surface area contributed by atoms with E-state index in [-0.39, 0.29) is 40.1 Å². The Labute approximate surface area is 196 Å². The van der Waals surface area contributed by atoms with E-state index >= 15 is 0 Å². The summed E-state index contributed by atoms with van der Waals surface area (Å²) in [4.78, 5) is 24.4. The molecule has 0 spiro atoms. The van der Waals surface area contributed by atoms with Crippen LogP contribution in [-0.4, -0.2) is 43.8 Å². The first-order valence-corrected chi connectivity index (χ1v) is 12.0. The minimum Gasteiger partial charge on any atom is -0.506 e. The first-order valence-electron chi connectivity index (χ1n) is 10.5. The van der Waals surface area contributed by atoms with Crippen molar-refractivity contribution in [2.45, 2.75) is 24.7 Å². The minimum atomic E-state index is -3.77. The lowest BCUT2D eigenvalue weighted by molar-refractivity contribution is -0.119. The van der Waals surface area contributed by atoms with E-state index in [4.69, 9.17) is 10.5 Å². The summed E-state index contributed by atoms with van der Waals surface area (Å²) in [5, 5.41) is 14.3. The van der Waals surface area contributed by atoms with E-state index in [9.17, 15) is 23.8 Å². The summed E-state index contributed by atoms with van der Waals surface area (Å²) in [6.07, 6.45) is 1.74. The Bertz CT molecular complexity index is 1350. The number of amides is 1. The Morgan fingerprint density at radius 1 is 1.26 bits per heavy atom. The fourth-order valence-electron chi connectivity index (χ4n) is 3.58. The zero-order valence-corrected chi connectivity index (χ0v) is 19.1. The van der Waals surface area contributed by atoms with Crippen molar-refractivity contribution in [2.24, 2.45) is 10.1 Å². The molecule has 7 N–H and O–H groups in total. The van der Waals surface area contributed by atoms with Crippen LogP contribution in [-0.2, 0) is 4.79 Å². The molecule has 34 heavy (non-hydrogen) atoms. The molecule has 1 aromatic heterocycles. The summed E-state index contributed by atoms with van der Waals surface area (Å²) in [6, 6.07) is 11.1. The molecule has 12 heteroatoms. The molecule has 1 aliphatic heterocycles. The van der Waals surface area contributed by atoms with Gasteiger partial charge in [-0.2, -0.15) is 0 Å². The third kappa shape index (κ3) is 4.38. The van der Waals surface area contributed by atoms with Crippen LogP contribution < -0.4 is 26.8 Å². The fourth-order valence-corrected chi connectivity index (χ4v) is 4.75. The highest BCUT2D eigenvalue weighted by Gasteiger charge is 2.31. The van der Waals surface area contributed by atoms with E-state index in [1.54, 1.807) is 24.3 Å². The number of ether oxygens (including phenoxy) is 1. The SMILES string of the molecule is CCCCNn1c(=O)c(C2=NS(O)(O)c3cc(OCC(N)=O)ccc3N2)c(O)c2ccccc21. The number of anilines is 1. The number of unbranched alkanes of at least 4 members (excludes halogenated alkanes) is 1. The Hall–Kier alpha value is -3.74. The average Bonchev–Trinajstić information content (AvgIpc) is 2.80. The molecule has 0 bridgehead atoms. The number of carbonyl (C=O) groups is 1. The van der Waals surface area contributed by atoms with Crippen LogP contribution in [0.4, 0.5) is 5.69 Å². The maximum atomic E-state index is 13.4. The summed E-state index contributed by atoms with van der Waals surface area (Å²) in [6.45, 7) is 2.17. The van der Waals surface area contributed by atoms with Crippen molar-refractivity contribution in [1.82, 2.24) is 4.68 Å². The van der Waals surface area contributed by atoms with Crippen LogP contribution in [0.15, 0.2) is 56.6 Å². The van der Waals surface area contributed by atoms with Gasteiger partial charge in [-0.15, -0.1) is 4.40 Å². The number of hydrogen-bond donors (Lipinski definition) is 6. The maximum absolute atomic E-state index is 13.4. The first kappa shape index (κ1) is 23.4. The van der Waals surface area contributed by atoms with Crippen LogP contribution in [0.3, 0.4) is 0 Å². The molecule has 0 saturated heterocycles. The third-order valence-electron chi connectivity index (χ3n) is 5.19. The number of hydrogen-bond acceptors (Lipinski definition) is 9. The predicted octanol–water partition coefficient (Wildman–Crippen LogP) is 2.81. The molecule has 180 valence electrons. The van der Waals surface area contributed by atoms with Crippen molar-refractivity contribution in [2.75, 3.05) is 23.9 Å².